The largest absolute Gasteiger partial charge is 0.307 e. The first kappa shape index (κ1) is 19.9. The Hall–Kier alpha value is -4.02. The van der Waals surface area contributed by atoms with E-state index in [-0.39, 0.29) is 11.5 Å². The van der Waals surface area contributed by atoms with Gasteiger partial charge in [-0.2, -0.15) is 5.26 Å². The van der Waals surface area contributed by atoms with Gasteiger partial charge < -0.3 is 9.88 Å². The van der Waals surface area contributed by atoms with Crippen molar-refractivity contribution >= 4 is 49.9 Å². The number of nitriles is 1. The summed E-state index contributed by atoms with van der Waals surface area (Å²) in [6.45, 7) is 0.431. The van der Waals surface area contributed by atoms with E-state index >= 15 is 0 Å². The third-order valence-electron chi connectivity index (χ3n) is 5.17. The van der Waals surface area contributed by atoms with Gasteiger partial charge in [0.15, 0.2) is 5.65 Å². The molecule has 0 spiro atoms. The molecule has 0 aliphatic rings. The van der Waals surface area contributed by atoms with E-state index in [4.69, 9.17) is 9.97 Å². The molecule has 0 saturated carbocycles. The van der Waals surface area contributed by atoms with Crippen LogP contribution in [-0.4, -0.2) is 20.4 Å². The van der Waals surface area contributed by atoms with Crippen LogP contribution in [0.2, 0.25) is 0 Å². The monoisotopic (exact) mass is 481 g/mol. The molecule has 0 saturated heterocycles. The van der Waals surface area contributed by atoms with Gasteiger partial charge in [-0.15, -0.1) is 0 Å². The molecule has 3 aromatic carbocycles. The molecule has 6 nitrogen and oxygen atoms in total. The third kappa shape index (κ3) is 3.61. The SMILES string of the molecule is N#Cc1c(NC(=O)c2cccc(Br)c2)n(Cc2ccccc2)c2nc3ccccc3nc12. The van der Waals surface area contributed by atoms with E-state index in [2.05, 4.69) is 27.3 Å². The first-order chi connectivity index (χ1) is 15.6. The van der Waals surface area contributed by atoms with Gasteiger partial charge >= 0.3 is 0 Å². The molecule has 0 fully saturated rings. The summed E-state index contributed by atoms with van der Waals surface area (Å²) in [5, 5.41) is 12.9. The Balaban J connectivity index is 1.72. The highest BCUT2D eigenvalue weighted by Crippen LogP contribution is 2.30. The predicted octanol–water partition coefficient (Wildman–Crippen LogP) is 5.52. The summed E-state index contributed by atoms with van der Waals surface area (Å²) in [5.74, 6) is 0.0658. The number of para-hydroxylation sites is 2. The number of anilines is 1. The van der Waals surface area contributed by atoms with Crippen LogP contribution in [0.25, 0.3) is 22.2 Å². The summed E-state index contributed by atoms with van der Waals surface area (Å²) in [6, 6.07) is 26.7. The maximum atomic E-state index is 13.1. The molecule has 0 bridgehead atoms. The number of fused-ring (bicyclic) bond motifs is 2. The van der Waals surface area contributed by atoms with E-state index in [1.165, 1.54) is 0 Å². The second kappa shape index (κ2) is 8.25. The van der Waals surface area contributed by atoms with Crippen LogP contribution in [0.1, 0.15) is 21.5 Å². The quantitative estimate of drug-likeness (QED) is 0.366. The van der Waals surface area contributed by atoms with Crippen molar-refractivity contribution in [3.05, 3.63) is 100 Å². The number of nitrogens with one attached hydrogen (secondary N) is 1. The van der Waals surface area contributed by atoms with Crippen LogP contribution >= 0.6 is 15.9 Å². The third-order valence-corrected chi connectivity index (χ3v) is 5.66. The van der Waals surface area contributed by atoms with Crippen molar-refractivity contribution in [2.24, 2.45) is 0 Å². The van der Waals surface area contributed by atoms with Crippen molar-refractivity contribution < 1.29 is 4.79 Å². The molecule has 0 radical (unpaired) electrons. The number of carbonyl (C=O) groups is 1. The molecule has 2 aromatic heterocycles. The molecule has 5 aromatic rings. The zero-order valence-corrected chi connectivity index (χ0v) is 18.4. The zero-order chi connectivity index (χ0) is 22.1. The van der Waals surface area contributed by atoms with Gasteiger partial charge in [0.25, 0.3) is 5.91 Å². The maximum Gasteiger partial charge on any atom is 0.256 e. The van der Waals surface area contributed by atoms with E-state index in [1.807, 2.05) is 65.2 Å². The summed E-state index contributed by atoms with van der Waals surface area (Å²) < 4.78 is 2.64. The smallest absolute Gasteiger partial charge is 0.256 e. The first-order valence-electron chi connectivity index (χ1n) is 9.94. The summed E-state index contributed by atoms with van der Waals surface area (Å²) in [6.07, 6.45) is 0. The van der Waals surface area contributed by atoms with Gasteiger partial charge in [-0.1, -0.05) is 64.5 Å². The lowest BCUT2D eigenvalue weighted by molar-refractivity contribution is 0.102. The standard InChI is InChI=1S/C25H16BrN5O/c26-18-10-6-9-17(13-18)25(32)30-23-19(14-27)22-24(29-21-12-5-4-11-20(21)28-22)31(23)15-16-7-2-1-3-8-16/h1-13H,15H2,(H,30,32). The number of carbonyl (C=O) groups excluding carboxylic acids is 1. The zero-order valence-electron chi connectivity index (χ0n) is 16.8. The molecule has 0 atom stereocenters. The van der Waals surface area contributed by atoms with Crippen LogP contribution in [0.15, 0.2) is 83.3 Å². The highest BCUT2D eigenvalue weighted by Gasteiger charge is 2.23. The summed E-state index contributed by atoms with van der Waals surface area (Å²) in [5.41, 5.74) is 4.21. The highest BCUT2D eigenvalue weighted by molar-refractivity contribution is 9.10. The van der Waals surface area contributed by atoms with Gasteiger partial charge in [0.1, 0.15) is 23.0 Å². The average Bonchev–Trinajstić information content (AvgIpc) is 3.09. The fourth-order valence-corrected chi connectivity index (χ4v) is 4.06. The van der Waals surface area contributed by atoms with Crippen molar-refractivity contribution in [3.63, 3.8) is 0 Å². The van der Waals surface area contributed by atoms with E-state index in [0.717, 1.165) is 15.6 Å². The molecule has 0 aliphatic carbocycles. The van der Waals surface area contributed by atoms with E-state index in [0.29, 0.717) is 34.6 Å². The van der Waals surface area contributed by atoms with Gasteiger partial charge in [-0.3, -0.25) is 4.79 Å². The lowest BCUT2D eigenvalue weighted by Crippen LogP contribution is -2.16. The van der Waals surface area contributed by atoms with Gasteiger partial charge in [-0.05, 0) is 35.9 Å². The minimum atomic E-state index is -0.315. The minimum absolute atomic E-state index is 0.289. The Morgan fingerprint density at radius 1 is 0.969 bits per heavy atom. The second-order valence-corrected chi connectivity index (χ2v) is 8.17. The molecule has 5 rings (SSSR count). The van der Waals surface area contributed by atoms with Crippen LogP contribution in [0.5, 0.6) is 0 Å². The number of benzene rings is 3. The average molecular weight is 482 g/mol. The van der Waals surface area contributed by atoms with Crippen LogP contribution in [-0.2, 0) is 6.54 Å². The van der Waals surface area contributed by atoms with E-state index < -0.39 is 0 Å². The van der Waals surface area contributed by atoms with Crippen LogP contribution in [0.3, 0.4) is 0 Å². The number of amides is 1. The normalized spacial score (nSPS) is 10.9. The summed E-state index contributed by atoms with van der Waals surface area (Å²) >= 11 is 3.40. The molecule has 0 unspecified atom stereocenters. The molecule has 2 heterocycles. The van der Waals surface area contributed by atoms with Crippen molar-refractivity contribution in [1.29, 1.82) is 5.26 Å². The van der Waals surface area contributed by atoms with Crippen LogP contribution in [0.4, 0.5) is 5.82 Å². The molecule has 0 aliphatic heterocycles. The van der Waals surface area contributed by atoms with Gasteiger partial charge in [0.2, 0.25) is 0 Å². The Morgan fingerprint density at radius 2 is 1.69 bits per heavy atom. The molecular formula is C25H16BrN5O. The second-order valence-electron chi connectivity index (χ2n) is 7.26. The minimum Gasteiger partial charge on any atom is -0.307 e. The highest BCUT2D eigenvalue weighted by atomic mass is 79.9. The van der Waals surface area contributed by atoms with Crippen molar-refractivity contribution in [3.8, 4) is 6.07 Å². The number of hydrogen-bond acceptors (Lipinski definition) is 4. The molecule has 1 amide bonds. The lowest BCUT2D eigenvalue weighted by atomic mass is 10.2. The molecule has 154 valence electrons. The predicted molar refractivity (Wildman–Crippen MR) is 127 cm³/mol. The Labute approximate surface area is 192 Å². The number of hydrogen-bond donors (Lipinski definition) is 1. The Bertz CT molecular complexity index is 1520. The van der Waals surface area contributed by atoms with Crippen molar-refractivity contribution in [2.75, 3.05) is 5.32 Å². The summed E-state index contributed by atoms with van der Waals surface area (Å²) in [4.78, 5) is 22.5. The topological polar surface area (TPSA) is 83.6 Å². The first-order valence-corrected chi connectivity index (χ1v) is 10.7. The summed E-state index contributed by atoms with van der Waals surface area (Å²) in [7, 11) is 0. The molecule has 1 N–H and O–H groups in total. The van der Waals surface area contributed by atoms with Crippen molar-refractivity contribution in [1.82, 2.24) is 14.5 Å². The van der Waals surface area contributed by atoms with E-state index in [9.17, 15) is 10.1 Å². The number of rotatable bonds is 4. The maximum absolute atomic E-state index is 13.1. The van der Waals surface area contributed by atoms with Gasteiger partial charge in [0.05, 0.1) is 17.6 Å². The van der Waals surface area contributed by atoms with E-state index in [1.54, 1.807) is 18.2 Å². The van der Waals surface area contributed by atoms with Crippen LogP contribution < -0.4 is 5.32 Å². The Morgan fingerprint density at radius 3 is 2.41 bits per heavy atom. The lowest BCUT2D eigenvalue weighted by Gasteiger charge is -2.12. The molecule has 32 heavy (non-hydrogen) atoms. The van der Waals surface area contributed by atoms with Gasteiger partial charge in [0, 0.05) is 10.0 Å². The fourth-order valence-electron chi connectivity index (χ4n) is 3.66. The van der Waals surface area contributed by atoms with Crippen LogP contribution in [0, 0.1) is 11.3 Å². The fraction of sp³-hybridized carbons (Fsp3) is 0.0400. The number of halogens is 1. The van der Waals surface area contributed by atoms with Crippen molar-refractivity contribution in [2.45, 2.75) is 6.54 Å². The number of aromatic nitrogens is 3. The molecular weight excluding hydrogens is 466 g/mol. The van der Waals surface area contributed by atoms with Gasteiger partial charge in [-0.25, -0.2) is 9.97 Å². The molecule has 7 heteroatoms. The Kier molecular flexibility index (Phi) is 5.13. The number of nitrogens with zero attached hydrogens (tertiary/aromatic N) is 4.